The SMILES string of the molecule is Cc1cn([C@@H]2O[C@@](COc3ccccc3OOP(=O)(O)N[C@@H](C)C(=O)O)(N=[N+]=[N-])[C@@H](O)[C@H]2O)c(=O)[nH]c1=O. The van der Waals surface area contributed by atoms with E-state index in [2.05, 4.69) is 14.7 Å². The molecule has 38 heavy (non-hydrogen) atoms. The van der Waals surface area contributed by atoms with Crippen molar-refractivity contribution in [2.75, 3.05) is 6.61 Å². The molecule has 0 amide bonds. The van der Waals surface area contributed by atoms with Crippen molar-refractivity contribution in [3.8, 4) is 11.5 Å². The van der Waals surface area contributed by atoms with Crippen molar-refractivity contribution in [2.24, 2.45) is 5.11 Å². The fourth-order valence-corrected chi connectivity index (χ4v) is 4.13. The molecule has 0 saturated carbocycles. The molecule has 1 aliphatic heterocycles. The van der Waals surface area contributed by atoms with Crippen LogP contribution in [0.1, 0.15) is 18.7 Å². The first-order chi connectivity index (χ1) is 17.8. The van der Waals surface area contributed by atoms with Crippen molar-refractivity contribution in [3.05, 3.63) is 67.3 Å². The lowest BCUT2D eigenvalue weighted by molar-refractivity contribution is -0.139. The molecule has 18 nitrogen and oxygen atoms in total. The summed E-state index contributed by atoms with van der Waals surface area (Å²) in [6, 6.07) is 3.96. The van der Waals surface area contributed by atoms with Crippen LogP contribution in [0.3, 0.4) is 0 Å². The molecule has 1 aromatic heterocycles. The zero-order valence-corrected chi connectivity index (χ0v) is 20.6. The van der Waals surface area contributed by atoms with Gasteiger partial charge in [-0.05, 0) is 31.5 Å². The van der Waals surface area contributed by atoms with Crippen LogP contribution in [0.4, 0.5) is 0 Å². The molecule has 1 aromatic carbocycles. The van der Waals surface area contributed by atoms with Crippen LogP contribution < -0.4 is 26.0 Å². The summed E-state index contributed by atoms with van der Waals surface area (Å²) < 4.78 is 28.4. The number of rotatable bonds is 11. The minimum atomic E-state index is -4.75. The number of aliphatic carboxylic acids is 1. The largest absolute Gasteiger partial charge is 0.486 e. The molecule has 19 heteroatoms. The van der Waals surface area contributed by atoms with Gasteiger partial charge in [0.25, 0.3) is 5.56 Å². The fourth-order valence-electron chi connectivity index (χ4n) is 3.31. The van der Waals surface area contributed by atoms with Gasteiger partial charge in [-0.25, -0.2) is 14.4 Å². The molecule has 206 valence electrons. The van der Waals surface area contributed by atoms with Crippen molar-refractivity contribution < 1.29 is 48.6 Å². The Morgan fingerprint density at radius 1 is 1.37 bits per heavy atom. The highest BCUT2D eigenvalue weighted by atomic mass is 31.2. The summed E-state index contributed by atoms with van der Waals surface area (Å²) in [5.74, 6) is -1.90. The molecular weight excluding hydrogens is 535 g/mol. The molecule has 0 bridgehead atoms. The minimum Gasteiger partial charge on any atom is -0.486 e. The number of para-hydroxylation sites is 2. The number of hydrogen-bond acceptors (Lipinski definition) is 11. The average molecular weight is 558 g/mol. The predicted molar refractivity (Wildman–Crippen MR) is 124 cm³/mol. The van der Waals surface area contributed by atoms with Gasteiger partial charge < -0.3 is 34.6 Å². The van der Waals surface area contributed by atoms with E-state index in [9.17, 15) is 34.1 Å². The second kappa shape index (κ2) is 11.3. The first-order valence-electron chi connectivity index (χ1n) is 10.6. The van der Waals surface area contributed by atoms with E-state index in [0.29, 0.717) is 0 Å². The van der Waals surface area contributed by atoms with E-state index in [1.54, 1.807) is 0 Å². The molecule has 1 fully saturated rings. The van der Waals surface area contributed by atoms with Crippen LogP contribution >= 0.6 is 7.75 Å². The third-order valence-corrected chi connectivity index (χ3v) is 6.27. The minimum absolute atomic E-state index is 0.0897. The standard InChI is InChI=1S/C19H23N6O12P/c1-9-7-25(18(31)21-15(9)28)16-13(26)14(27)19(35-16,23-24-20)8-34-11-5-3-4-6-12(11)36-37-38(32,33)22-10(2)17(29)30/h3-7,10,13-14,16,26-27H,8H2,1-2H3,(H,29,30)(H,21,28,31)(H2,22,32,33)/t10-,13+,14-,16+,19+/m0/s1. The molecule has 3 rings (SSSR count). The van der Waals surface area contributed by atoms with E-state index in [0.717, 1.165) is 17.7 Å². The number of aromatic amines is 1. The van der Waals surface area contributed by atoms with Crippen molar-refractivity contribution in [2.45, 2.75) is 44.1 Å². The first-order valence-corrected chi connectivity index (χ1v) is 12.2. The molecule has 6 atom stereocenters. The number of carboxylic acids is 1. The maximum Gasteiger partial charge on any atom is 0.440 e. The number of hydrogen-bond donors (Lipinski definition) is 6. The Morgan fingerprint density at radius 2 is 2.03 bits per heavy atom. The third kappa shape index (κ3) is 6.21. The lowest BCUT2D eigenvalue weighted by atomic mass is 10.1. The average Bonchev–Trinajstić information content (AvgIpc) is 3.09. The van der Waals surface area contributed by atoms with Gasteiger partial charge in [0.1, 0.15) is 24.9 Å². The van der Waals surface area contributed by atoms with E-state index >= 15 is 0 Å². The lowest BCUT2D eigenvalue weighted by Gasteiger charge is -2.27. The second-order valence-corrected chi connectivity index (χ2v) is 9.51. The number of carbonyl (C=O) groups is 1. The van der Waals surface area contributed by atoms with Gasteiger partial charge in [-0.3, -0.25) is 19.1 Å². The fraction of sp³-hybridized carbons (Fsp3) is 0.421. The van der Waals surface area contributed by atoms with Crippen molar-refractivity contribution in [3.63, 3.8) is 0 Å². The van der Waals surface area contributed by atoms with Crippen LogP contribution in [0, 0.1) is 6.92 Å². The highest BCUT2D eigenvalue weighted by Gasteiger charge is 2.56. The Labute approximate surface area is 212 Å². The zero-order chi connectivity index (χ0) is 28.3. The number of carboxylic acid groups (broad SMARTS) is 1. The van der Waals surface area contributed by atoms with Gasteiger partial charge in [0.05, 0.1) is 0 Å². The smallest absolute Gasteiger partial charge is 0.440 e. The molecule has 0 spiro atoms. The van der Waals surface area contributed by atoms with Crippen LogP contribution in [0.5, 0.6) is 11.5 Å². The number of azide groups is 1. The summed E-state index contributed by atoms with van der Waals surface area (Å²) in [6.07, 6.45) is -4.25. The summed E-state index contributed by atoms with van der Waals surface area (Å²) in [5.41, 5.74) is 5.24. The van der Waals surface area contributed by atoms with E-state index < -0.39 is 61.8 Å². The number of nitrogens with zero attached hydrogens (tertiary/aromatic N) is 4. The van der Waals surface area contributed by atoms with Crippen LogP contribution in [0.15, 0.2) is 45.2 Å². The molecule has 2 aromatic rings. The summed E-state index contributed by atoms with van der Waals surface area (Å²) in [7, 11) is -4.75. The van der Waals surface area contributed by atoms with E-state index in [4.69, 9.17) is 25.0 Å². The van der Waals surface area contributed by atoms with Gasteiger partial charge in [0.15, 0.2) is 12.0 Å². The van der Waals surface area contributed by atoms with Gasteiger partial charge in [0.2, 0.25) is 11.5 Å². The molecule has 6 N–H and O–H groups in total. The maximum absolute atomic E-state index is 12.3. The first kappa shape index (κ1) is 28.8. The van der Waals surface area contributed by atoms with Crippen LogP contribution in [-0.4, -0.2) is 66.3 Å². The Hall–Kier alpha value is -3.73. The van der Waals surface area contributed by atoms with Crippen molar-refractivity contribution in [1.82, 2.24) is 14.6 Å². The number of aliphatic hydroxyl groups excluding tert-OH is 2. The Kier molecular flexibility index (Phi) is 8.61. The lowest BCUT2D eigenvalue weighted by Crippen LogP contribution is -2.46. The summed E-state index contributed by atoms with van der Waals surface area (Å²) in [5, 5.41) is 35.4. The number of aliphatic hydroxyl groups is 2. The van der Waals surface area contributed by atoms with Crippen LogP contribution in [-0.2, 0) is 18.8 Å². The molecule has 0 radical (unpaired) electrons. The van der Waals surface area contributed by atoms with Gasteiger partial charge in [-0.2, -0.15) is 0 Å². The predicted octanol–water partition coefficient (Wildman–Crippen LogP) is -0.345. The summed E-state index contributed by atoms with van der Waals surface area (Å²) in [6.45, 7) is 1.71. The monoisotopic (exact) mass is 558 g/mol. The van der Waals surface area contributed by atoms with E-state index in [1.165, 1.54) is 31.2 Å². The normalized spacial score (nSPS) is 25.1. The zero-order valence-electron chi connectivity index (χ0n) is 19.7. The number of ether oxygens (including phenoxy) is 2. The highest BCUT2D eigenvalue weighted by Crippen LogP contribution is 2.41. The second-order valence-electron chi connectivity index (χ2n) is 8.06. The molecule has 1 aliphatic rings. The number of benzene rings is 1. The van der Waals surface area contributed by atoms with Gasteiger partial charge in [0, 0.05) is 16.7 Å². The third-order valence-electron chi connectivity index (χ3n) is 5.28. The summed E-state index contributed by atoms with van der Waals surface area (Å²) >= 11 is 0. The number of H-pyrrole nitrogens is 1. The Bertz CT molecular complexity index is 1410. The number of aromatic nitrogens is 2. The van der Waals surface area contributed by atoms with E-state index in [1.807, 2.05) is 10.1 Å². The number of nitrogens with one attached hydrogen (secondary N) is 2. The van der Waals surface area contributed by atoms with Gasteiger partial charge >= 0.3 is 19.4 Å². The van der Waals surface area contributed by atoms with Crippen LogP contribution in [0.2, 0.25) is 0 Å². The quantitative estimate of drug-likeness (QED) is 0.0515. The van der Waals surface area contributed by atoms with Crippen LogP contribution in [0.25, 0.3) is 10.4 Å². The molecular formula is C19H23N6O12P. The molecule has 2 heterocycles. The molecule has 1 saturated heterocycles. The highest BCUT2D eigenvalue weighted by molar-refractivity contribution is 7.50. The van der Waals surface area contributed by atoms with E-state index in [-0.39, 0.29) is 17.1 Å². The van der Waals surface area contributed by atoms with Gasteiger partial charge in [-0.1, -0.05) is 21.9 Å². The molecule has 0 aliphatic carbocycles. The molecule has 1 unspecified atom stereocenters. The Morgan fingerprint density at radius 3 is 2.66 bits per heavy atom. The van der Waals surface area contributed by atoms with Gasteiger partial charge in [-0.15, -0.1) is 0 Å². The van der Waals surface area contributed by atoms with Crippen molar-refractivity contribution in [1.29, 1.82) is 0 Å². The maximum atomic E-state index is 12.3. The summed E-state index contributed by atoms with van der Waals surface area (Å²) in [4.78, 5) is 54.1. The number of aryl methyl sites for hydroxylation is 1. The Balaban J connectivity index is 1.82. The van der Waals surface area contributed by atoms with Crippen molar-refractivity contribution >= 4 is 13.7 Å². The topological polar surface area (TPSA) is 268 Å².